The van der Waals surface area contributed by atoms with Gasteiger partial charge in [-0.3, -0.25) is 4.79 Å². The van der Waals surface area contributed by atoms with Gasteiger partial charge in [0.2, 0.25) is 0 Å². The summed E-state index contributed by atoms with van der Waals surface area (Å²) in [5.41, 5.74) is 2.71. The van der Waals surface area contributed by atoms with Gasteiger partial charge in [0.25, 0.3) is 0 Å². The van der Waals surface area contributed by atoms with Crippen molar-refractivity contribution in [3.63, 3.8) is 0 Å². The lowest BCUT2D eigenvalue weighted by atomic mass is 10.0. The first kappa shape index (κ1) is 14.3. The van der Waals surface area contributed by atoms with Gasteiger partial charge in [-0.2, -0.15) is 0 Å². The lowest BCUT2D eigenvalue weighted by molar-refractivity contribution is 0.0981. The Labute approximate surface area is 131 Å². The van der Waals surface area contributed by atoms with Gasteiger partial charge in [0.05, 0.1) is 6.61 Å². The van der Waals surface area contributed by atoms with Crippen LogP contribution in [0.15, 0.2) is 40.9 Å². The van der Waals surface area contributed by atoms with Crippen LogP contribution in [0.1, 0.15) is 27.9 Å². The Hall–Kier alpha value is -1.68. The van der Waals surface area contributed by atoms with Crippen LogP contribution in [0.2, 0.25) is 0 Å². The Bertz CT molecular complexity index is 697. The lowest BCUT2D eigenvalue weighted by Gasteiger charge is -2.06. The molecule has 2 aromatic rings. The van der Waals surface area contributed by atoms with E-state index in [1.165, 1.54) is 17.7 Å². The summed E-state index contributed by atoms with van der Waals surface area (Å²) >= 11 is 3.29. The third-order valence-corrected chi connectivity index (χ3v) is 4.31. The number of ether oxygens (including phenoxy) is 1. The summed E-state index contributed by atoms with van der Waals surface area (Å²) < 4.78 is 19.3. The quantitative estimate of drug-likeness (QED) is 0.768. The highest BCUT2D eigenvalue weighted by atomic mass is 79.9. The Morgan fingerprint density at radius 1 is 1.24 bits per heavy atom. The lowest BCUT2D eigenvalue weighted by Crippen LogP contribution is -2.03. The summed E-state index contributed by atoms with van der Waals surface area (Å²) in [6, 6.07) is 10.2. The average Bonchev–Trinajstić information content (AvgIpc) is 2.94. The van der Waals surface area contributed by atoms with Crippen molar-refractivity contribution in [2.75, 3.05) is 6.61 Å². The zero-order chi connectivity index (χ0) is 14.8. The monoisotopic (exact) mass is 348 g/mol. The molecule has 0 atom stereocenters. The molecule has 1 aliphatic rings. The Morgan fingerprint density at radius 3 is 2.95 bits per heavy atom. The number of aryl methyl sites for hydroxylation is 1. The van der Waals surface area contributed by atoms with Gasteiger partial charge in [0, 0.05) is 22.9 Å². The Balaban J connectivity index is 1.70. The van der Waals surface area contributed by atoms with Crippen LogP contribution in [0.3, 0.4) is 0 Å². The zero-order valence-electron chi connectivity index (χ0n) is 11.4. The van der Waals surface area contributed by atoms with Gasteiger partial charge in [-0.05, 0) is 41.8 Å². The maximum Gasteiger partial charge on any atom is 0.164 e. The molecule has 2 nitrogen and oxygen atoms in total. The minimum atomic E-state index is -0.392. The highest BCUT2D eigenvalue weighted by Gasteiger charge is 2.14. The largest absolute Gasteiger partial charge is 0.493 e. The van der Waals surface area contributed by atoms with E-state index in [0.29, 0.717) is 22.9 Å². The molecule has 0 saturated heterocycles. The smallest absolute Gasteiger partial charge is 0.164 e. The first-order valence-corrected chi connectivity index (χ1v) is 7.65. The molecule has 1 aliphatic heterocycles. The summed E-state index contributed by atoms with van der Waals surface area (Å²) in [6.45, 7) is 0.730. The van der Waals surface area contributed by atoms with Crippen LogP contribution >= 0.6 is 15.9 Å². The summed E-state index contributed by atoms with van der Waals surface area (Å²) in [7, 11) is 0. The minimum Gasteiger partial charge on any atom is -0.493 e. The van der Waals surface area contributed by atoms with E-state index < -0.39 is 5.82 Å². The van der Waals surface area contributed by atoms with E-state index in [1.54, 1.807) is 6.07 Å². The standard InChI is InChI=1S/C17H14BrFO2/c18-15-4-3-13(19)10-14(15)16(20)5-1-11-2-6-17-12(9-11)7-8-21-17/h2-4,6,9-10H,1,5,7-8H2. The van der Waals surface area contributed by atoms with Gasteiger partial charge < -0.3 is 4.74 Å². The highest BCUT2D eigenvalue weighted by molar-refractivity contribution is 9.10. The highest BCUT2D eigenvalue weighted by Crippen LogP contribution is 2.27. The van der Waals surface area contributed by atoms with Crippen molar-refractivity contribution in [1.29, 1.82) is 0 Å². The summed E-state index contributed by atoms with van der Waals surface area (Å²) in [6.07, 6.45) is 1.93. The normalized spacial score (nSPS) is 12.9. The van der Waals surface area contributed by atoms with Crippen molar-refractivity contribution in [1.82, 2.24) is 0 Å². The molecule has 3 rings (SSSR count). The number of halogens is 2. The molecule has 21 heavy (non-hydrogen) atoms. The van der Waals surface area contributed by atoms with Crippen molar-refractivity contribution in [2.45, 2.75) is 19.3 Å². The second kappa shape index (κ2) is 5.98. The molecule has 0 aromatic heterocycles. The van der Waals surface area contributed by atoms with Gasteiger partial charge >= 0.3 is 0 Å². The molecular formula is C17H14BrFO2. The fraction of sp³-hybridized carbons (Fsp3) is 0.235. The van der Waals surface area contributed by atoms with E-state index in [9.17, 15) is 9.18 Å². The molecular weight excluding hydrogens is 335 g/mol. The number of hydrogen-bond donors (Lipinski definition) is 0. The topological polar surface area (TPSA) is 26.3 Å². The zero-order valence-corrected chi connectivity index (χ0v) is 13.0. The third kappa shape index (κ3) is 3.16. The third-order valence-electron chi connectivity index (χ3n) is 3.62. The van der Waals surface area contributed by atoms with Gasteiger partial charge in [0.1, 0.15) is 11.6 Å². The Morgan fingerprint density at radius 2 is 2.10 bits per heavy atom. The second-order valence-corrected chi connectivity index (χ2v) is 5.94. The number of hydrogen-bond acceptors (Lipinski definition) is 2. The second-order valence-electron chi connectivity index (χ2n) is 5.09. The van der Waals surface area contributed by atoms with E-state index in [1.807, 2.05) is 12.1 Å². The number of carbonyl (C=O) groups is 1. The molecule has 0 radical (unpaired) electrons. The maximum absolute atomic E-state index is 13.2. The molecule has 0 saturated carbocycles. The first-order valence-electron chi connectivity index (χ1n) is 6.86. The van der Waals surface area contributed by atoms with Crippen molar-refractivity contribution < 1.29 is 13.9 Å². The molecule has 0 N–H and O–H groups in total. The predicted molar refractivity (Wildman–Crippen MR) is 82.4 cm³/mol. The van der Waals surface area contributed by atoms with Crippen LogP contribution in [0.5, 0.6) is 5.75 Å². The fourth-order valence-electron chi connectivity index (χ4n) is 2.50. The van der Waals surface area contributed by atoms with E-state index in [2.05, 4.69) is 22.0 Å². The van der Waals surface area contributed by atoms with Crippen molar-refractivity contribution in [3.05, 3.63) is 63.4 Å². The number of Topliss-reactive ketones (excluding diaryl/α,β-unsaturated/α-hetero) is 1. The van der Waals surface area contributed by atoms with Gasteiger partial charge in [-0.1, -0.05) is 28.1 Å². The summed E-state index contributed by atoms with van der Waals surface area (Å²) in [5, 5.41) is 0. The summed E-state index contributed by atoms with van der Waals surface area (Å²) in [4.78, 5) is 12.2. The van der Waals surface area contributed by atoms with Crippen LogP contribution < -0.4 is 4.74 Å². The molecule has 0 aliphatic carbocycles. The van der Waals surface area contributed by atoms with Crippen LogP contribution in [0.25, 0.3) is 0 Å². The number of fused-ring (bicyclic) bond motifs is 1. The van der Waals surface area contributed by atoms with Crippen molar-refractivity contribution in [2.24, 2.45) is 0 Å². The van der Waals surface area contributed by atoms with Crippen molar-refractivity contribution in [3.8, 4) is 5.75 Å². The first-order chi connectivity index (χ1) is 10.1. The molecule has 108 valence electrons. The fourth-order valence-corrected chi connectivity index (χ4v) is 2.97. The minimum absolute atomic E-state index is 0.0573. The average molecular weight is 349 g/mol. The van der Waals surface area contributed by atoms with E-state index in [4.69, 9.17) is 4.74 Å². The molecule has 1 heterocycles. The molecule has 2 aromatic carbocycles. The van der Waals surface area contributed by atoms with E-state index >= 15 is 0 Å². The Kier molecular flexibility index (Phi) is 4.06. The van der Waals surface area contributed by atoms with Crippen LogP contribution in [-0.4, -0.2) is 12.4 Å². The molecule has 0 unspecified atom stereocenters. The van der Waals surface area contributed by atoms with E-state index in [-0.39, 0.29) is 5.78 Å². The number of rotatable bonds is 4. The van der Waals surface area contributed by atoms with Crippen LogP contribution in [-0.2, 0) is 12.8 Å². The van der Waals surface area contributed by atoms with Gasteiger partial charge in [0.15, 0.2) is 5.78 Å². The number of carbonyl (C=O) groups excluding carboxylic acids is 1. The number of benzene rings is 2. The number of ketones is 1. The predicted octanol–water partition coefficient (Wildman–Crippen LogP) is 4.34. The van der Waals surface area contributed by atoms with Crippen molar-refractivity contribution >= 4 is 21.7 Å². The SMILES string of the molecule is O=C(CCc1ccc2c(c1)CCO2)c1cc(F)ccc1Br. The van der Waals surface area contributed by atoms with Crippen LogP contribution in [0, 0.1) is 5.82 Å². The molecule has 0 bridgehead atoms. The molecule has 0 fully saturated rings. The van der Waals surface area contributed by atoms with Gasteiger partial charge in [-0.15, -0.1) is 0 Å². The summed E-state index contributed by atoms with van der Waals surface area (Å²) in [5.74, 6) is 0.493. The van der Waals surface area contributed by atoms with E-state index in [0.717, 1.165) is 24.3 Å². The van der Waals surface area contributed by atoms with Crippen LogP contribution in [0.4, 0.5) is 4.39 Å². The maximum atomic E-state index is 13.2. The molecule has 0 spiro atoms. The molecule has 4 heteroatoms. The van der Waals surface area contributed by atoms with Gasteiger partial charge in [-0.25, -0.2) is 4.39 Å². The molecule has 0 amide bonds.